The molecule has 32 heavy (non-hydrogen) atoms. The Morgan fingerprint density at radius 1 is 0.656 bits per heavy atom. The maximum absolute atomic E-state index is 2.49. The molecule has 1 atom stereocenters. The predicted octanol–water partition coefficient (Wildman–Crippen LogP) is 7.23. The van der Waals surface area contributed by atoms with E-state index in [1.54, 1.807) is 0 Å². The van der Waals surface area contributed by atoms with Crippen molar-refractivity contribution < 1.29 is 0 Å². The summed E-state index contributed by atoms with van der Waals surface area (Å²) in [4.78, 5) is 2.43. The molecule has 1 nitrogen and oxygen atoms in total. The van der Waals surface area contributed by atoms with Crippen LogP contribution in [0.15, 0.2) is 127 Å². The molecule has 0 amide bonds. The molecule has 4 rings (SSSR count). The number of allylic oxidation sites excluding steroid dienone is 1. The summed E-state index contributed by atoms with van der Waals surface area (Å²) in [7, 11) is 2.22. The smallest absolute Gasteiger partial charge is 0.0231 e. The van der Waals surface area contributed by atoms with Crippen molar-refractivity contribution in [2.75, 3.05) is 13.6 Å². The van der Waals surface area contributed by atoms with Gasteiger partial charge in [0.25, 0.3) is 0 Å². The highest BCUT2D eigenvalue weighted by Crippen LogP contribution is 2.27. The largest absolute Gasteiger partial charge is 0.301 e. The van der Waals surface area contributed by atoms with Gasteiger partial charge >= 0.3 is 0 Å². The first kappa shape index (κ1) is 21.8. The predicted molar refractivity (Wildman–Crippen MR) is 137 cm³/mol. The molecule has 0 saturated carbocycles. The fourth-order valence-electron chi connectivity index (χ4n) is 4.22. The van der Waals surface area contributed by atoms with Crippen LogP contribution in [-0.4, -0.2) is 18.5 Å². The first-order chi connectivity index (χ1) is 15.8. The Kier molecular flexibility index (Phi) is 7.68. The third kappa shape index (κ3) is 6.29. The summed E-state index contributed by atoms with van der Waals surface area (Å²) in [6, 6.07) is 43.2. The van der Waals surface area contributed by atoms with Crippen LogP contribution in [0, 0.1) is 0 Å². The van der Waals surface area contributed by atoms with Gasteiger partial charge in [-0.15, -0.1) is 0 Å². The van der Waals surface area contributed by atoms with Crippen molar-refractivity contribution in [2.45, 2.75) is 18.9 Å². The number of hydrogen-bond acceptors (Lipinski definition) is 1. The Bertz CT molecular complexity index is 1090. The van der Waals surface area contributed by atoms with Crippen molar-refractivity contribution in [3.8, 4) is 0 Å². The van der Waals surface area contributed by atoms with E-state index in [4.69, 9.17) is 0 Å². The molecule has 160 valence electrons. The molecule has 0 heterocycles. The van der Waals surface area contributed by atoms with Crippen molar-refractivity contribution in [1.29, 1.82) is 0 Å². The minimum Gasteiger partial charge on any atom is -0.301 e. The normalized spacial score (nSPS) is 12.6. The van der Waals surface area contributed by atoms with E-state index < -0.39 is 0 Å². The van der Waals surface area contributed by atoms with E-state index in [-0.39, 0.29) is 0 Å². The van der Waals surface area contributed by atoms with Gasteiger partial charge in [-0.1, -0.05) is 127 Å². The molecule has 0 N–H and O–H groups in total. The monoisotopic (exact) mass is 417 g/mol. The Balaban J connectivity index is 1.65. The van der Waals surface area contributed by atoms with Crippen molar-refractivity contribution >= 4 is 5.57 Å². The Morgan fingerprint density at radius 2 is 1.16 bits per heavy atom. The van der Waals surface area contributed by atoms with Crippen LogP contribution in [0.2, 0.25) is 0 Å². The zero-order valence-corrected chi connectivity index (χ0v) is 18.8. The van der Waals surface area contributed by atoms with Gasteiger partial charge in [-0.05, 0) is 41.3 Å². The van der Waals surface area contributed by atoms with E-state index in [2.05, 4.69) is 139 Å². The van der Waals surface area contributed by atoms with Gasteiger partial charge in [0.2, 0.25) is 0 Å². The Labute approximate surface area is 192 Å². The van der Waals surface area contributed by atoms with Gasteiger partial charge in [0.05, 0.1) is 0 Å². The second-order valence-electron chi connectivity index (χ2n) is 8.42. The van der Waals surface area contributed by atoms with Crippen molar-refractivity contribution in [3.05, 3.63) is 150 Å². The van der Waals surface area contributed by atoms with Crippen LogP contribution in [0.3, 0.4) is 0 Å². The molecule has 0 saturated heterocycles. The quantitative estimate of drug-likeness (QED) is 0.278. The van der Waals surface area contributed by atoms with Crippen molar-refractivity contribution in [3.63, 3.8) is 0 Å². The second kappa shape index (κ2) is 11.3. The van der Waals surface area contributed by atoms with Gasteiger partial charge < -0.3 is 4.90 Å². The van der Waals surface area contributed by atoms with E-state index in [1.165, 1.54) is 27.8 Å². The van der Waals surface area contributed by atoms with Crippen LogP contribution in [0.5, 0.6) is 0 Å². The van der Waals surface area contributed by atoms with Gasteiger partial charge in [0.1, 0.15) is 0 Å². The maximum Gasteiger partial charge on any atom is 0.0231 e. The third-order valence-corrected chi connectivity index (χ3v) is 5.82. The number of benzene rings is 4. The van der Waals surface area contributed by atoms with Crippen LogP contribution in [0.4, 0.5) is 0 Å². The van der Waals surface area contributed by atoms with E-state index in [9.17, 15) is 0 Å². The molecule has 0 aromatic heterocycles. The number of rotatable bonds is 9. The molecule has 0 unspecified atom stereocenters. The molecule has 4 aromatic rings. The molecule has 0 aliphatic heterocycles. The van der Waals surface area contributed by atoms with Crippen LogP contribution >= 0.6 is 0 Å². The van der Waals surface area contributed by atoms with E-state index in [1.807, 2.05) is 0 Å². The molecular formula is C31H31N. The highest BCUT2D eigenvalue weighted by atomic mass is 15.1. The van der Waals surface area contributed by atoms with Crippen molar-refractivity contribution in [2.24, 2.45) is 0 Å². The summed E-state index contributed by atoms with van der Waals surface area (Å²) in [6.45, 7) is 1.90. The fraction of sp³-hybridized carbons (Fsp3) is 0.161. The lowest BCUT2D eigenvalue weighted by atomic mass is 9.90. The molecular weight excluding hydrogens is 386 g/mol. The SMILES string of the molecule is CN(Cc1ccccc1)C[C@@H](/C=C(\Cc1ccccc1)c1ccccc1)c1ccccc1. The molecule has 0 aliphatic rings. The van der Waals surface area contributed by atoms with Crippen LogP contribution in [0.1, 0.15) is 28.2 Å². The summed E-state index contributed by atoms with van der Waals surface area (Å²) < 4.78 is 0. The third-order valence-electron chi connectivity index (χ3n) is 5.82. The summed E-state index contributed by atoms with van der Waals surface area (Å²) in [5.74, 6) is 0.309. The van der Waals surface area contributed by atoms with E-state index in [0.29, 0.717) is 5.92 Å². The van der Waals surface area contributed by atoms with Gasteiger partial charge in [0, 0.05) is 19.0 Å². The lowest BCUT2D eigenvalue weighted by Crippen LogP contribution is -2.24. The summed E-state index contributed by atoms with van der Waals surface area (Å²) in [5, 5.41) is 0. The molecule has 0 spiro atoms. The molecule has 0 radical (unpaired) electrons. The molecule has 0 bridgehead atoms. The number of likely N-dealkylation sites (N-methyl/N-ethyl adjacent to an activating group) is 1. The van der Waals surface area contributed by atoms with Gasteiger partial charge in [-0.2, -0.15) is 0 Å². The summed E-state index contributed by atoms with van der Waals surface area (Å²) in [5.41, 5.74) is 6.71. The zero-order chi connectivity index (χ0) is 22.0. The van der Waals surface area contributed by atoms with E-state index >= 15 is 0 Å². The zero-order valence-electron chi connectivity index (χ0n) is 18.8. The minimum atomic E-state index is 0.309. The van der Waals surface area contributed by atoms with Gasteiger partial charge in [-0.3, -0.25) is 0 Å². The van der Waals surface area contributed by atoms with Crippen LogP contribution in [-0.2, 0) is 13.0 Å². The minimum absolute atomic E-state index is 0.309. The fourth-order valence-corrected chi connectivity index (χ4v) is 4.22. The lowest BCUT2D eigenvalue weighted by molar-refractivity contribution is 0.318. The highest BCUT2D eigenvalue weighted by molar-refractivity contribution is 5.68. The van der Waals surface area contributed by atoms with Crippen LogP contribution < -0.4 is 0 Å². The first-order valence-corrected chi connectivity index (χ1v) is 11.4. The molecule has 4 aromatic carbocycles. The number of nitrogens with zero attached hydrogens (tertiary/aromatic N) is 1. The molecule has 1 heteroatoms. The number of hydrogen-bond donors (Lipinski definition) is 0. The summed E-state index contributed by atoms with van der Waals surface area (Å²) >= 11 is 0. The average molecular weight is 418 g/mol. The average Bonchev–Trinajstić information content (AvgIpc) is 2.85. The highest BCUT2D eigenvalue weighted by Gasteiger charge is 2.15. The topological polar surface area (TPSA) is 3.24 Å². The lowest BCUT2D eigenvalue weighted by Gasteiger charge is -2.24. The van der Waals surface area contributed by atoms with Crippen molar-refractivity contribution in [1.82, 2.24) is 4.90 Å². The summed E-state index contributed by atoms with van der Waals surface area (Å²) in [6.07, 6.45) is 3.41. The molecule has 0 fully saturated rings. The maximum atomic E-state index is 2.49. The standard InChI is InChI=1S/C31H31N/c1-32(24-27-16-8-3-9-17-27)25-31(29-20-12-5-13-21-29)23-30(28-18-10-4-11-19-28)22-26-14-6-2-7-15-26/h2-21,23,31H,22,24-25H2,1H3/b30-23+/t31-/m1/s1. The van der Waals surface area contributed by atoms with E-state index in [0.717, 1.165) is 19.5 Å². The van der Waals surface area contributed by atoms with Gasteiger partial charge in [-0.25, -0.2) is 0 Å². The Morgan fingerprint density at radius 3 is 1.75 bits per heavy atom. The van der Waals surface area contributed by atoms with Crippen LogP contribution in [0.25, 0.3) is 5.57 Å². The second-order valence-corrected chi connectivity index (χ2v) is 8.42. The molecule has 0 aliphatic carbocycles. The van der Waals surface area contributed by atoms with Gasteiger partial charge in [0.15, 0.2) is 0 Å². The first-order valence-electron chi connectivity index (χ1n) is 11.4. The Hall–Kier alpha value is -3.42.